The molecule has 0 bridgehead atoms. The number of benzene rings is 4. The fraction of sp³-hybridized carbons (Fsp3) is 0.500. The second-order valence-electron chi connectivity index (χ2n) is 22.5. The second-order valence-corrected chi connectivity index (χ2v) is 22.5. The first-order valence-corrected chi connectivity index (χ1v) is 31.1. The highest BCUT2D eigenvalue weighted by Crippen LogP contribution is 2.40. The van der Waals surface area contributed by atoms with Gasteiger partial charge < -0.3 is 57.5 Å². The number of aliphatic imine (C=N–C) groups is 2. The lowest BCUT2D eigenvalue weighted by atomic mass is 10.1. The molecule has 460 valence electrons. The first-order valence-electron chi connectivity index (χ1n) is 31.1. The van der Waals surface area contributed by atoms with Crippen LogP contribution in [0.15, 0.2) is 82.8 Å². The number of ether oxygens (including phenoxy) is 8. The van der Waals surface area contributed by atoms with E-state index in [1.807, 2.05) is 70.8 Å². The number of nitrogens with zero attached hydrogens (tertiary/aromatic N) is 6. The molecule has 5 aliphatic rings. The molecule has 18 nitrogen and oxygen atoms in total. The number of carbonyl (C=O) groups is 4. The predicted molar refractivity (Wildman–Crippen MR) is 334 cm³/mol. The summed E-state index contributed by atoms with van der Waals surface area (Å²) in [6.45, 7) is 5.56. The van der Waals surface area contributed by atoms with Gasteiger partial charge in [-0.15, -0.1) is 0 Å². The molecule has 3 saturated heterocycles. The number of hydrogen-bond donors (Lipinski definition) is 0. The molecule has 3 fully saturated rings. The molecule has 0 aromatic heterocycles. The molecule has 86 heavy (non-hydrogen) atoms. The largest absolute Gasteiger partial charge is 0.493 e. The first-order chi connectivity index (χ1) is 42.1. The number of methoxy groups -OCH3 is 4. The lowest BCUT2D eigenvalue weighted by Gasteiger charge is -2.33. The summed E-state index contributed by atoms with van der Waals surface area (Å²) in [5.74, 6) is 4.68. The summed E-state index contributed by atoms with van der Waals surface area (Å²) >= 11 is 0. The van der Waals surface area contributed by atoms with Crippen molar-refractivity contribution in [1.29, 1.82) is 0 Å². The van der Waals surface area contributed by atoms with Gasteiger partial charge in [-0.25, -0.2) is 0 Å². The van der Waals surface area contributed by atoms with Crippen molar-refractivity contribution >= 4 is 59.6 Å². The Labute approximate surface area is 507 Å². The molecule has 0 aliphatic carbocycles. The minimum Gasteiger partial charge on any atom is -0.493 e. The van der Waals surface area contributed by atoms with Gasteiger partial charge in [0, 0.05) is 76.0 Å². The van der Waals surface area contributed by atoms with Gasteiger partial charge in [-0.2, -0.15) is 0 Å². The lowest BCUT2D eigenvalue weighted by molar-refractivity contribution is -0.133. The molecule has 9 rings (SSSR count). The number of amides is 4. The van der Waals surface area contributed by atoms with Crippen LogP contribution in [0.5, 0.6) is 46.0 Å². The van der Waals surface area contributed by atoms with Gasteiger partial charge in [0.1, 0.15) is 0 Å². The number of carbonyl (C=O) groups excluding carboxylic acids is 4. The molecule has 2 atom stereocenters. The standard InChI is InChI=1S/C68H86N6O12/c1-79-59-41-49(23-27-57(59)83-37-15-11-7-5-9-13-17-39-85-63-45-55-53(43-61(63)81-3)67(77)73-31-19-21-51(73)47-69-55)25-29-65(75)71-33-35-72(36-34-71)66(76)30-26-50-24-28-58(60(42-50)80-2)84-38-16-12-8-6-10-14-18-40-86-64-46-56-54(44-62(64)82-4)68(78)74-32-20-22-52(74)48-70-56/h23-30,41-48,51-52H,5-22,31-40H2,1-4H3/b29-25+,30-26+/t51-,52-/m0/s1. The van der Waals surface area contributed by atoms with E-state index >= 15 is 0 Å². The SMILES string of the molecule is COc1cc(/C=C/C(=O)N2CCN(C(=O)/C=C/c3ccc(OCCCCCCCCCOc4cc5c(cc4OC)C(=O)N4CCC[C@H]4C=N5)c(OC)c3)CC2)ccc1OCCCCCCCCCOc1cc2c(cc1OC)C(=O)N1CCC[C@H]1C=N2. The summed E-state index contributed by atoms with van der Waals surface area (Å²) in [5.41, 5.74) is 4.05. The fourth-order valence-corrected chi connectivity index (χ4v) is 11.7. The normalized spacial score (nSPS) is 17.1. The van der Waals surface area contributed by atoms with Crippen molar-refractivity contribution in [3.05, 3.63) is 95.1 Å². The quantitative estimate of drug-likeness (QED) is 0.0334. The molecule has 4 aromatic carbocycles. The molecule has 5 aliphatic heterocycles. The van der Waals surface area contributed by atoms with E-state index in [1.54, 1.807) is 74.7 Å². The van der Waals surface area contributed by atoms with E-state index in [9.17, 15) is 19.2 Å². The Bertz CT molecular complexity index is 2870. The summed E-state index contributed by atoms with van der Waals surface area (Å²) in [4.78, 5) is 69.3. The number of hydrogen-bond acceptors (Lipinski definition) is 14. The zero-order valence-corrected chi connectivity index (χ0v) is 50.8. The van der Waals surface area contributed by atoms with Crippen LogP contribution in [-0.4, -0.2) is 162 Å². The van der Waals surface area contributed by atoms with Gasteiger partial charge in [-0.3, -0.25) is 29.2 Å². The van der Waals surface area contributed by atoms with Crippen LogP contribution in [0.3, 0.4) is 0 Å². The molecule has 0 saturated carbocycles. The Morgan fingerprint density at radius 1 is 0.430 bits per heavy atom. The van der Waals surface area contributed by atoms with Crippen LogP contribution < -0.4 is 37.9 Å². The van der Waals surface area contributed by atoms with Gasteiger partial charge in [-0.05, 0) is 111 Å². The summed E-state index contributed by atoms with van der Waals surface area (Å²) in [6.07, 6.45) is 29.1. The fourth-order valence-electron chi connectivity index (χ4n) is 11.7. The topological polar surface area (TPSA) is 180 Å². The summed E-state index contributed by atoms with van der Waals surface area (Å²) in [5, 5.41) is 0. The Balaban J connectivity index is 0.593. The van der Waals surface area contributed by atoms with E-state index in [2.05, 4.69) is 9.98 Å². The number of unbranched alkanes of at least 4 members (excludes halogenated alkanes) is 12. The first kappa shape index (κ1) is 62.5. The molecular formula is C68H86N6O12. The Hall–Kier alpha value is -8.02. The molecule has 4 aromatic rings. The van der Waals surface area contributed by atoms with Crippen LogP contribution in [0.2, 0.25) is 0 Å². The van der Waals surface area contributed by atoms with Gasteiger partial charge in [0.05, 0.1) is 89.5 Å². The maximum Gasteiger partial charge on any atom is 0.256 e. The van der Waals surface area contributed by atoms with Crippen molar-refractivity contribution in [3.63, 3.8) is 0 Å². The molecule has 5 heterocycles. The van der Waals surface area contributed by atoms with Crippen LogP contribution in [0.1, 0.15) is 147 Å². The van der Waals surface area contributed by atoms with E-state index in [0.29, 0.717) is 121 Å². The van der Waals surface area contributed by atoms with Gasteiger partial charge in [0.2, 0.25) is 11.8 Å². The minimum atomic E-state index is -0.114. The average Bonchev–Trinajstić information content (AvgIpc) is 2.23. The zero-order valence-electron chi connectivity index (χ0n) is 50.8. The highest BCUT2D eigenvalue weighted by atomic mass is 16.5. The second kappa shape index (κ2) is 31.9. The summed E-state index contributed by atoms with van der Waals surface area (Å²) < 4.78 is 46.9. The van der Waals surface area contributed by atoms with Crippen molar-refractivity contribution < 1.29 is 57.1 Å². The van der Waals surface area contributed by atoms with Crippen molar-refractivity contribution in [1.82, 2.24) is 19.6 Å². The summed E-state index contributed by atoms with van der Waals surface area (Å²) in [6, 6.07) is 18.6. The Kier molecular flexibility index (Phi) is 23.2. The number of fused-ring (bicyclic) bond motifs is 4. The average molecular weight is 1180 g/mol. The molecule has 0 radical (unpaired) electrons. The molecule has 4 amide bonds. The minimum absolute atomic E-state index is 0.00385. The molecular weight excluding hydrogens is 1090 g/mol. The van der Waals surface area contributed by atoms with E-state index < -0.39 is 0 Å². The smallest absolute Gasteiger partial charge is 0.256 e. The predicted octanol–water partition coefficient (Wildman–Crippen LogP) is 12.1. The Morgan fingerprint density at radius 3 is 1.13 bits per heavy atom. The lowest BCUT2D eigenvalue weighted by Crippen LogP contribution is -2.49. The summed E-state index contributed by atoms with van der Waals surface area (Å²) in [7, 11) is 6.42. The van der Waals surface area contributed by atoms with Gasteiger partial charge >= 0.3 is 0 Å². The third kappa shape index (κ3) is 16.7. The number of piperazine rings is 1. The molecule has 0 spiro atoms. The molecule has 18 heteroatoms. The Morgan fingerprint density at radius 2 is 0.767 bits per heavy atom. The third-order valence-electron chi connectivity index (χ3n) is 16.6. The molecule has 0 unspecified atom stereocenters. The van der Waals surface area contributed by atoms with E-state index in [-0.39, 0.29) is 35.7 Å². The zero-order chi connectivity index (χ0) is 60.0. The van der Waals surface area contributed by atoms with Crippen LogP contribution in [-0.2, 0) is 9.59 Å². The van der Waals surface area contributed by atoms with Crippen molar-refractivity contribution in [3.8, 4) is 46.0 Å². The van der Waals surface area contributed by atoms with Crippen molar-refractivity contribution in [2.75, 3.05) is 94.1 Å². The van der Waals surface area contributed by atoms with E-state index in [4.69, 9.17) is 37.9 Å². The van der Waals surface area contributed by atoms with Crippen LogP contribution in [0.4, 0.5) is 11.4 Å². The van der Waals surface area contributed by atoms with Gasteiger partial charge in [0.25, 0.3) is 11.8 Å². The third-order valence-corrected chi connectivity index (χ3v) is 16.6. The number of rotatable bonds is 32. The monoisotopic (exact) mass is 1180 g/mol. The maximum absolute atomic E-state index is 13.2. The van der Waals surface area contributed by atoms with Crippen molar-refractivity contribution in [2.45, 2.75) is 128 Å². The van der Waals surface area contributed by atoms with E-state index in [0.717, 1.165) is 140 Å². The van der Waals surface area contributed by atoms with E-state index in [1.165, 1.54) is 0 Å². The highest BCUT2D eigenvalue weighted by Gasteiger charge is 2.34. The van der Waals surface area contributed by atoms with Crippen LogP contribution in [0.25, 0.3) is 12.2 Å². The maximum atomic E-state index is 13.2. The highest BCUT2D eigenvalue weighted by molar-refractivity contribution is 6.04. The van der Waals surface area contributed by atoms with Crippen LogP contribution in [0, 0.1) is 0 Å². The van der Waals surface area contributed by atoms with Gasteiger partial charge in [0.15, 0.2) is 46.0 Å². The van der Waals surface area contributed by atoms with Crippen molar-refractivity contribution in [2.24, 2.45) is 9.98 Å². The van der Waals surface area contributed by atoms with Crippen LogP contribution >= 0.6 is 0 Å². The molecule has 0 N–H and O–H groups in total. The van der Waals surface area contributed by atoms with Gasteiger partial charge in [-0.1, -0.05) is 76.3 Å².